The monoisotopic (exact) mass is 235 g/mol. The van der Waals surface area contributed by atoms with Crippen molar-refractivity contribution in [2.75, 3.05) is 0 Å². The predicted octanol–water partition coefficient (Wildman–Crippen LogP) is 1.47. The summed E-state index contributed by atoms with van der Waals surface area (Å²) in [6.07, 6.45) is 0. The van der Waals surface area contributed by atoms with Crippen molar-refractivity contribution in [1.29, 1.82) is 0 Å². The van der Waals surface area contributed by atoms with Gasteiger partial charge >= 0.3 is 5.97 Å². The summed E-state index contributed by atoms with van der Waals surface area (Å²) in [5.41, 5.74) is 0.442. The number of halogens is 1. The number of benzene rings is 1. The van der Waals surface area contributed by atoms with Gasteiger partial charge in [-0.05, 0) is 13.0 Å². The Labute approximate surface area is 96.5 Å². The van der Waals surface area contributed by atoms with Crippen LogP contribution in [0.1, 0.15) is 22.0 Å². The number of rotatable bonds is 3. The summed E-state index contributed by atoms with van der Waals surface area (Å²) >= 11 is 0. The maximum Gasteiger partial charge on any atom is 0.375 e. The lowest BCUT2D eigenvalue weighted by Crippen LogP contribution is -2.07. The normalized spacial score (nSPS) is 10.5. The first-order chi connectivity index (χ1) is 8.08. The van der Waals surface area contributed by atoms with Crippen LogP contribution in [0.4, 0.5) is 4.39 Å². The Kier molecular flexibility index (Phi) is 2.86. The SMILES string of the molecule is Cc1nc(C(=O)O)nn1Cc1ccccc1F. The molecule has 0 unspecified atom stereocenters. The highest BCUT2D eigenvalue weighted by Crippen LogP contribution is 2.09. The van der Waals surface area contributed by atoms with Gasteiger partial charge in [0.15, 0.2) is 0 Å². The van der Waals surface area contributed by atoms with Crippen molar-refractivity contribution in [3.05, 3.63) is 47.3 Å². The third kappa shape index (κ3) is 2.30. The van der Waals surface area contributed by atoms with Gasteiger partial charge in [-0.1, -0.05) is 18.2 Å². The summed E-state index contributed by atoms with van der Waals surface area (Å²) in [6.45, 7) is 1.79. The molecule has 17 heavy (non-hydrogen) atoms. The van der Waals surface area contributed by atoms with E-state index in [1.165, 1.54) is 10.7 Å². The zero-order chi connectivity index (χ0) is 12.4. The molecule has 1 N–H and O–H groups in total. The molecule has 1 aromatic carbocycles. The van der Waals surface area contributed by atoms with Gasteiger partial charge in [0.1, 0.15) is 11.6 Å². The fraction of sp³-hybridized carbons (Fsp3) is 0.182. The third-order valence-corrected chi connectivity index (χ3v) is 2.33. The number of nitrogens with zero attached hydrogens (tertiary/aromatic N) is 3. The van der Waals surface area contributed by atoms with Gasteiger partial charge in [-0.15, -0.1) is 5.10 Å². The Morgan fingerprint density at radius 3 is 2.76 bits per heavy atom. The van der Waals surface area contributed by atoms with Crippen molar-refractivity contribution in [2.24, 2.45) is 0 Å². The fourth-order valence-corrected chi connectivity index (χ4v) is 1.45. The highest BCUT2D eigenvalue weighted by Gasteiger charge is 2.13. The number of aromatic carboxylic acids is 1. The van der Waals surface area contributed by atoms with Crippen LogP contribution in [-0.4, -0.2) is 25.8 Å². The molecule has 0 atom stereocenters. The van der Waals surface area contributed by atoms with E-state index in [1.807, 2.05) is 0 Å². The van der Waals surface area contributed by atoms with E-state index in [4.69, 9.17) is 5.11 Å². The first-order valence-corrected chi connectivity index (χ1v) is 4.96. The van der Waals surface area contributed by atoms with Gasteiger partial charge in [0.05, 0.1) is 6.54 Å². The molecule has 0 radical (unpaired) electrons. The zero-order valence-corrected chi connectivity index (χ0v) is 9.09. The second-order valence-corrected chi connectivity index (χ2v) is 3.54. The highest BCUT2D eigenvalue weighted by atomic mass is 19.1. The van der Waals surface area contributed by atoms with Crippen LogP contribution in [0.25, 0.3) is 0 Å². The molecule has 0 spiro atoms. The summed E-state index contributed by atoms with van der Waals surface area (Å²) in [4.78, 5) is 14.4. The Morgan fingerprint density at radius 2 is 2.18 bits per heavy atom. The molecule has 0 saturated carbocycles. The van der Waals surface area contributed by atoms with Crippen LogP contribution in [0.15, 0.2) is 24.3 Å². The van der Waals surface area contributed by atoms with Gasteiger partial charge in [-0.2, -0.15) is 0 Å². The largest absolute Gasteiger partial charge is 0.475 e. The number of carboxylic acid groups (broad SMARTS) is 1. The average molecular weight is 235 g/mol. The summed E-state index contributed by atoms with van der Waals surface area (Å²) in [7, 11) is 0. The van der Waals surface area contributed by atoms with Crippen LogP contribution >= 0.6 is 0 Å². The molecule has 6 heteroatoms. The fourth-order valence-electron chi connectivity index (χ4n) is 1.45. The van der Waals surface area contributed by atoms with Gasteiger partial charge in [0, 0.05) is 5.56 Å². The lowest BCUT2D eigenvalue weighted by Gasteiger charge is -2.03. The van der Waals surface area contributed by atoms with Crippen LogP contribution in [-0.2, 0) is 6.54 Å². The van der Waals surface area contributed by atoms with Crippen LogP contribution in [0.5, 0.6) is 0 Å². The summed E-state index contributed by atoms with van der Waals surface area (Å²) in [6, 6.07) is 6.27. The molecular formula is C11H10FN3O2. The molecular weight excluding hydrogens is 225 g/mol. The lowest BCUT2D eigenvalue weighted by atomic mass is 10.2. The van der Waals surface area contributed by atoms with Crippen molar-refractivity contribution in [1.82, 2.24) is 14.8 Å². The molecule has 0 amide bonds. The summed E-state index contributed by atoms with van der Waals surface area (Å²) < 4.78 is 14.8. The molecule has 0 aliphatic carbocycles. The number of hydrogen-bond acceptors (Lipinski definition) is 3. The molecule has 0 aliphatic heterocycles. The van der Waals surface area contributed by atoms with Gasteiger partial charge in [-0.3, -0.25) is 0 Å². The third-order valence-electron chi connectivity index (χ3n) is 2.33. The van der Waals surface area contributed by atoms with E-state index >= 15 is 0 Å². The van der Waals surface area contributed by atoms with Crippen LogP contribution in [0, 0.1) is 12.7 Å². The van der Waals surface area contributed by atoms with Crippen molar-refractivity contribution in [2.45, 2.75) is 13.5 Å². The van der Waals surface area contributed by atoms with Crippen molar-refractivity contribution in [3.63, 3.8) is 0 Å². The van der Waals surface area contributed by atoms with Crippen molar-refractivity contribution >= 4 is 5.97 Å². The second kappa shape index (κ2) is 4.32. The van der Waals surface area contributed by atoms with E-state index in [-0.39, 0.29) is 18.2 Å². The quantitative estimate of drug-likeness (QED) is 0.874. The van der Waals surface area contributed by atoms with Gasteiger partial charge in [0.25, 0.3) is 5.82 Å². The van der Waals surface area contributed by atoms with Crippen LogP contribution in [0.3, 0.4) is 0 Å². The molecule has 0 saturated heterocycles. The standard InChI is InChI=1S/C11H10FN3O2/c1-7-13-10(11(16)17)14-15(7)6-8-4-2-3-5-9(8)12/h2-5H,6H2,1H3,(H,16,17). The van der Waals surface area contributed by atoms with Gasteiger partial charge < -0.3 is 5.11 Å². The van der Waals surface area contributed by atoms with E-state index in [0.29, 0.717) is 11.4 Å². The molecule has 0 fully saturated rings. The molecule has 1 aromatic heterocycles. The molecule has 0 bridgehead atoms. The Hall–Kier alpha value is -2.24. The number of aryl methyl sites for hydroxylation is 1. The Morgan fingerprint density at radius 1 is 1.47 bits per heavy atom. The molecule has 88 valence electrons. The minimum atomic E-state index is -1.19. The molecule has 2 aromatic rings. The second-order valence-electron chi connectivity index (χ2n) is 3.54. The number of carboxylic acids is 1. The topological polar surface area (TPSA) is 68.0 Å². The number of hydrogen-bond donors (Lipinski definition) is 1. The van der Waals surface area contributed by atoms with E-state index in [2.05, 4.69) is 10.1 Å². The predicted molar refractivity (Wildman–Crippen MR) is 57.2 cm³/mol. The first kappa shape index (κ1) is 11.3. The molecule has 0 aliphatic rings. The Bertz CT molecular complexity index is 566. The van der Waals surface area contributed by atoms with Crippen molar-refractivity contribution < 1.29 is 14.3 Å². The number of carbonyl (C=O) groups is 1. The minimum Gasteiger partial charge on any atom is -0.475 e. The van der Waals surface area contributed by atoms with E-state index in [9.17, 15) is 9.18 Å². The van der Waals surface area contributed by atoms with Crippen LogP contribution in [0.2, 0.25) is 0 Å². The maximum atomic E-state index is 13.4. The first-order valence-electron chi connectivity index (χ1n) is 4.96. The molecule has 5 nitrogen and oxygen atoms in total. The minimum absolute atomic E-state index is 0.165. The summed E-state index contributed by atoms with van der Waals surface area (Å²) in [5.74, 6) is -1.39. The van der Waals surface area contributed by atoms with Gasteiger partial charge in [-0.25, -0.2) is 18.9 Å². The van der Waals surface area contributed by atoms with E-state index < -0.39 is 5.97 Å². The average Bonchev–Trinajstić information content (AvgIpc) is 2.64. The van der Waals surface area contributed by atoms with E-state index in [0.717, 1.165) is 0 Å². The summed E-state index contributed by atoms with van der Waals surface area (Å²) in [5, 5.41) is 12.5. The molecule has 2 rings (SSSR count). The van der Waals surface area contributed by atoms with Gasteiger partial charge in [0.2, 0.25) is 0 Å². The van der Waals surface area contributed by atoms with E-state index in [1.54, 1.807) is 25.1 Å². The van der Waals surface area contributed by atoms with Crippen molar-refractivity contribution in [3.8, 4) is 0 Å². The smallest absolute Gasteiger partial charge is 0.375 e. The Balaban J connectivity index is 2.30. The highest BCUT2D eigenvalue weighted by molar-refractivity contribution is 5.82. The molecule has 1 heterocycles. The number of aromatic nitrogens is 3. The van der Waals surface area contributed by atoms with Crippen LogP contribution < -0.4 is 0 Å². The lowest BCUT2D eigenvalue weighted by molar-refractivity contribution is 0.0683. The maximum absolute atomic E-state index is 13.4. The zero-order valence-electron chi connectivity index (χ0n) is 9.09.